The molecule has 0 rings (SSSR count). The van der Waals surface area contributed by atoms with Crippen molar-refractivity contribution in [2.75, 3.05) is 0 Å². The average Bonchev–Trinajstić information content (AvgIpc) is 0.798. The zero-order chi connectivity index (χ0) is 116. The second-order valence-electron chi connectivity index (χ2n) is 11.7. The van der Waals surface area contributed by atoms with Crippen molar-refractivity contribution < 1.29 is 0 Å². The van der Waals surface area contributed by atoms with Crippen LogP contribution in [0.4, 0.5) is 0 Å². The molecule has 0 saturated heterocycles. The fourth-order valence-electron chi connectivity index (χ4n) is 2.16. The van der Waals surface area contributed by atoms with Crippen molar-refractivity contribution in [3.05, 3.63) is 0 Å². The SMILES string of the molecule is II(I)I(I)I(I)I(I)I(I)I(I)I(I)I(I)I(I)I(I)I(I)I(I)I(I)I(I)I(I)I(I)I(I)I(I)I(I)I(I)I(I)I(I)I(I)I(I)I(I)I(I)I(I)I(I)I(I)I(I)I(I)I(I)I(I)I(I)I(I)I(I)I(I)I(I)I(I)I(I)I(I)I(I)I(I)I(I)I(I)I(I)I(I)I(I)I(I)I(I)I(I)I(I)I(I)I(I)I(I)I(I)I(I)I(I)I(I)I(I)I(I)I(I)I(I)I(I)I(I)I(I)I(I)I(I)I(I)I(I)I(I)I(I)I. The molecular formula is I146. The number of halogens is 146. The molecule has 0 aromatic carbocycles. The van der Waals surface area contributed by atoms with E-state index >= 15 is 0 Å². The van der Waals surface area contributed by atoms with Crippen LogP contribution in [0.1, 0.15) is 0 Å². The molecule has 0 fully saturated rings. The summed E-state index contributed by atoms with van der Waals surface area (Å²) in [6.07, 6.45) is 0. The van der Waals surface area contributed by atoms with Crippen LogP contribution in [0, 0.1) is 0 Å². The van der Waals surface area contributed by atoms with Gasteiger partial charge in [-0.3, -0.25) is 0 Å². The summed E-state index contributed by atoms with van der Waals surface area (Å²) < 4.78 is 0. The van der Waals surface area contributed by atoms with Gasteiger partial charge in [0.2, 0.25) is 0 Å². The number of hydrogen-bond donors (Lipinski definition) is 0. The standard InChI is InChI=1S/I146/c1-75(2)77(5)79(7)81(9)83(11)85(13)87(15)89(17)91(19)93(21)95(23)97(25)99(27)101(29)103(31)105(33)107(35)109(37)111(39)113(41)115(43)117(45)119(47)121(49)123(51)125(53)127(55)129(57)131(59)133(61)135(63)137(65)139(67)141(69)143(71)145(73)146(74)144(72)142(70)140(68)138(66)136(64)134(62)132(60)130(58)128(56)126(54)124(52)122(50)120(48)118(46)116(44)114(42)112(40)110(38)108(36)106(34)104(32)102(30)100(28)98(26)96(24)94(22)92(20)90(18)88(16)86(14)84(12)82(10)80(8)78(6)76(3)4. The predicted octanol–water partition coefficient (Wildman–Crippen LogP) is 129. The van der Waals surface area contributed by atoms with Crippen LogP contribution < -0.4 is 0 Å². The summed E-state index contributed by atoms with van der Waals surface area (Å²) in [7, 11) is -46.6. The maximum absolute atomic E-state index is 3.52. The number of hydrogen-bond acceptors (Lipinski definition) is 0. The van der Waals surface area contributed by atoms with E-state index < -0.39 is 568 Å². The molecule has 0 aliphatic carbocycles. The molecule has 0 nitrogen and oxygen atoms in total. The van der Waals surface area contributed by atoms with Crippen LogP contribution in [-0.2, 0) is 0 Å². The van der Waals surface area contributed by atoms with Crippen LogP contribution in [0.5, 0.6) is 0 Å². The van der Waals surface area contributed by atoms with Gasteiger partial charge in [-0.05, 0) is 0 Å². The first-order valence-electron chi connectivity index (χ1n) is 20.7. The Labute approximate surface area is 1830 Å². The molecule has 0 aromatic heterocycles. The molecule has 0 spiro atoms. The van der Waals surface area contributed by atoms with E-state index in [0.29, 0.717) is 0 Å². The van der Waals surface area contributed by atoms with Crippen molar-refractivity contribution in [1.82, 2.24) is 0 Å². The molecule has 0 unspecified atom stereocenters. The zero-order valence-electron chi connectivity index (χ0n) is 55.2. The van der Waals surface area contributed by atoms with E-state index in [1.165, 1.54) is 0 Å². The summed E-state index contributed by atoms with van der Waals surface area (Å²) in [6.45, 7) is 0. The van der Waals surface area contributed by atoms with Crippen LogP contribution in [0.15, 0.2) is 0 Å². The van der Waals surface area contributed by atoms with E-state index in [1.807, 2.05) is 0 Å². The molecule has 146 heteroatoms. The van der Waals surface area contributed by atoms with Gasteiger partial charge in [0, 0.05) is 0 Å². The van der Waals surface area contributed by atoms with E-state index in [0.717, 1.165) is 0 Å². The minimum absolute atomic E-state index is 0.500. The van der Waals surface area contributed by atoms with Crippen LogP contribution in [0.3, 0.4) is 0 Å². The Morgan fingerprint density at radius 1 is 0.0342 bits per heavy atom. The van der Waals surface area contributed by atoms with Crippen molar-refractivity contribution in [2.45, 2.75) is 0 Å². The van der Waals surface area contributed by atoms with Gasteiger partial charge in [-0.2, -0.15) is 0 Å². The van der Waals surface area contributed by atoms with Gasteiger partial charge in [0.25, 0.3) is 0 Å². The average molecular weight is 18500 g/mol. The van der Waals surface area contributed by atoms with Gasteiger partial charge in [-0.15, -0.1) is 0 Å². The first kappa shape index (κ1) is 253. The van der Waals surface area contributed by atoms with E-state index in [-0.39, 0.29) is 0 Å². The molecule has 0 N–H and O–H groups in total. The molecular weight excluding hydrogens is 18500 g/mol. The molecule has 0 aliphatic rings. The summed E-state index contributed by atoms with van der Waals surface area (Å²) in [5.74, 6) is 0. The van der Waals surface area contributed by atoms with E-state index in [2.05, 4.69) is 1380 Å². The van der Waals surface area contributed by atoms with Gasteiger partial charge >= 0.3 is 1950 Å². The Morgan fingerprint density at radius 3 is 0.0753 bits per heavy atom. The fourth-order valence-corrected chi connectivity index (χ4v) is 29300. The summed E-state index contributed by atoms with van der Waals surface area (Å²) in [4.78, 5) is 0. The van der Waals surface area contributed by atoms with Crippen molar-refractivity contribution in [1.29, 1.82) is 0 Å². The monoisotopic (exact) mass is 18500 g/mol. The summed E-state index contributed by atoms with van der Waals surface area (Å²) >= 11 is 254. The first-order valence-corrected chi connectivity index (χ1v) is 932. The molecule has 0 bridgehead atoms. The van der Waals surface area contributed by atoms with E-state index in [4.69, 9.17) is 0 Å². The molecule has 146 heavy (non-hydrogen) atoms. The molecule has 0 atom stereocenters. The van der Waals surface area contributed by atoms with Crippen molar-refractivity contribution in [3.63, 3.8) is 0 Å². The molecule has 1022 valence electrons. The maximum atomic E-state index is 3.52. The Kier molecular flexibility index (Phi) is 263. The van der Waals surface area contributed by atoms with Crippen molar-refractivity contribution in [3.8, 4) is 0 Å². The molecule has 0 heterocycles. The topological polar surface area (TPSA) is 0 Å². The van der Waals surface area contributed by atoms with Gasteiger partial charge in [-0.25, -0.2) is 0 Å². The molecule has 0 radical (unpaired) electrons. The van der Waals surface area contributed by atoms with Crippen LogP contribution >= 0.6 is 1950 Å². The fraction of sp³-hybridized carbons (Fsp3) is 0. The summed E-state index contributed by atoms with van der Waals surface area (Å²) in [5, 5.41) is 0. The number of rotatable bonds is 71. The van der Waals surface area contributed by atoms with Gasteiger partial charge in [0.15, 0.2) is 0 Å². The van der Waals surface area contributed by atoms with Crippen LogP contribution in [-0.4, -0.2) is 0 Å². The van der Waals surface area contributed by atoms with Crippen molar-refractivity contribution in [2.24, 2.45) is 0 Å². The minimum atomic E-state index is -0.691. The second-order valence-corrected chi connectivity index (χ2v) is 3520. The first-order chi connectivity index (χ1) is 66.4. The van der Waals surface area contributed by atoms with Gasteiger partial charge in [0.05, 0.1) is 0 Å². The summed E-state index contributed by atoms with van der Waals surface area (Å²) in [5.41, 5.74) is 0. The van der Waals surface area contributed by atoms with Gasteiger partial charge in [-0.1, -0.05) is 0 Å². The third kappa shape index (κ3) is 102. The third-order valence-electron chi connectivity index (χ3n) is 5.80. The zero-order valence-corrected chi connectivity index (χ0v) is 370. The normalized spacial score (nSPS) is 19.3. The third-order valence-corrected chi connectivity index (χ3v) is 11700. The van der Waals surface area contributed by atoms with Gasteiger partial charge < -0.3 is 0 Å². The van der Waals surface area contributed by atoms with E-state index in [1.54, 1.807) is 0 Å². The Hall–Kier alpha value is 107. The molecule has 0 aromatic rings. The Morgan fingerprint density at radius 2 is 0.0548 bits per heavy atom. The Bertz CT molecular complexity index is 2850. The predicted molar refractivity (Wildman–Crippen MR) is 2050 cm³/mol. The van der Waals surface area contributed by atoms with Crippen LogP contribution in [0.25, 0.3) is 0 Å². The molecule has 0 aliphatic heterocycles. The second kappa shape index (κ2) is 152. The van der Waals surface area contributed by atoms with Crippen molar-refractivity contribution >= 4 is 1950 Å². The molecule has 0 amide bonds. The van der Waals surface area contributed by atoms with Crippen LogP contribution in [0.2, 0.25) is 0 Å². The molecule has 0 saturated carbocycles. The van der Waals surface area contributed by atoms with Gasteiger partial charge in [0.1, 0.15) is 0 Å². The van der Waals surface area contributed by atoms with E-state index in [9.17, 15) is 0 Å². The Balaban J connectivity index is 6.01. The summed E-state index contributed by atoms with van der Waals surface area (Å²) in [6, 6.07) is 0. The quantitative estimate of drug-likeness (QED) is 0.0533.